The number of nitrogens with zero attached hydrogens (tertiary/aromatic N) is 1. The van der Waals surface area contributed by atoms with Crippen LogP contribution < -0.4 is 0 Å². The van der Waals surface area contributed by atoms with Crippen molar-refractivity contribution in [3.05, 3.63) is 40.7 Å². The molecule has 1 nitrogen and oxygen atoms in total. The molecule has 1 aromatic carbocycles. The monoisotopic (exact) mass is 146 g/mol. The Kier molecular flexibility index (Phi) is 2.68. The van der Waals surface area contributed by atoms with Crippen LogP contribution in [0, 0.1) is 6.57 Å². The van der Waals surface area contributed by atoms with Gasteiger partial charge in [-0.3, -0.25) is 0 Å². The normalized spacial score (nSPS) is 12.0. The molecule has 0 fully saturated rings. The van der Waals surface area contributed by atoms with E-state index in [9.17, 15) is 0 Å². The SMILES string of the molecule is C#[N+][C@@H](CC)c1ccccc1. The highest BCUT2D eigenvalue weighted by molar-refractivity contribution is 5.21. The second-order valence-corrected chi connectivity index (χ2v) is 2.48. The van der Waals surface area contributed by atoms with Crippen molar-refractivity contribution >= 4 is 0 Å². The minimum atomic E-state index is 0.163. The van der Waals surface area contributed by atoms with Gasteiger partial charge in [0.05, 0.1) is 0 Å². The molecule has 0 unspecified atom stereocenters. The molecule has 0 aliphatic rings. The van der Waals surface area contributed by atoms with Crippen LogP contribution in [0.15, 0.2) is 30.3 Å². The van der Waals surface area contributed by atoms with Crippen molar-refractivity contribution < 1.29 is 0 Å². The second kappa shape index (κ2) is 3.78. The van der Waals surface area contributed by atoms with Crippen LogP contribution in [0.4, 0.5) is 0 Å². The lowest BCUT2D eigenvalue weighted by Gasteiger charge is -1.96. The van der Waals surface area contributed by atoms with E-state index in [1.165, 1.54) is 5.56 Å². The van der Waals surface area contributed by atoms with Crippen molar-refractivity contribution in [2.45, 2.75) is 19.4 Å². The highest BCUT2D eigenvalue weighted by atomic mass is 14.7. The minimum absolute atomic E-state index is 0.163. The van der Waals surface area contributed by atoms with Crippen molar-refractivity contribution in [3.63, 3.8) is 0 Å². The first-order valence-corrected chi connectivity index (χ1v) is 3.83. The van der Waals surface area contributed by atoms with E-state index < -0.39 is 0 Å². The fraction of sp³-hybridized carbons (Fsp3) is 0.300. The zero-order valence-corrected chi connectivity index (χ0v) is 6.70. The predicted molar refractivity (Wildman–Crippen MR) is 47.8 cm³/mol. The molecule has 0 saturated heterocycles. The molecule has 1 aromatic rings. The summed E-state index contributed by atoms with van der Waals surface area (Å²) in [5.41, 5.74) is 1.19. The highest BCUT2D eigenvalue weighted by Crippen LogP contribution is 2.19. The maximum absolute atomic E-state index is 5.24. The molecular formula is C10H12N+. The molecular weight excluding hydrogens is 134 g/mol. The van der Waals surface area contributed by atoms with Gasteiger partial charge in [0.2, 0.25) is 0 Å². The minimum Gasteiger partial charge on any atom is -0.0784 e. The molecule has 0 heterocycles. The van der Waals surface area contributed by atoms with Gasteiger partial charge >= 0.3 is 0 Å². The lowest BCUT2D eigenvalue weighted by atomic mass is 10.1. The Balaban J connectivity index is 2.85. The van der Waals surface area contributed by atoms with Gasteiger partial charge in [-0.15, -0.1) is 0 Å². The first kappa shape index (κ1) is 7.81. The quantitative estimate of drug-likeness (QED) is 0.604. The average Bonchev–Trinajstić information content (AvgIpc) is 2.09. The lowest BCUT2D eigenvalue weighted by molar-refractivity contribution is 0.802. The van der Waals surface area contributed by atoms with Crippen LogP contribution in [0.25, 0.3) is 4.85 Å². The average molecular weight is 146 g/mol. The van der Waals surface area contributed by atoms with Gasteiger partial charge in [-0.2, -0.15) is 0 Å². The molecule has 0 amide bonds. The van der Waals surface area contributed by atoms with Gasteiger partial charge in [-0.1, -0.05) is 42.1 Å². The molecule has 0 spiro atoms. The van der Waals surface area contributed by atoms with Crippen LogP contribution >= 0.6 is 0 Å². The Morgan fingerprint density at radius 2 is 2.00 bits per heavy atom. The molecule has 1 atom stereocenters. The van der Waals surface area contributed by atoms with E-state index in [1.807, 2.05) is 30.3 Å². The van der Waals surface area contributed by atoms with Crippen LogP contribution in [-0.4, -0.2) is 0 Å². The summed E-state index contributed by atoms with van der Waals surface area (Å²) in [6.45, 7) is 7.32. The molecule has 0 bridgehead atoms. The molecule has 1 rings (SSSR count). The van der Waals surface area contributed by atoms with Gasteiger partial charge in [0, 0.05) is 12.0 Å². The van der Waals surface area contributed by atoms with E-state index in [2.05, 4.69) is 11.8 Å². The number of rotatable bonds is 2. The predicted octanol–water partition coefficient (Wildman–Crippen LogP) is 3.10. The Hall–Kier alpha value is -1.29. The van der Waals surface area contributed by atoms with Crippen molar-refractivity contribution in [1.29, 1.82) is 0 Å². The number of benzene rings is 1. The lowest BCUT2D eigenvalue weighted by Crippen LogP contribution is -1.88. The maximum Gasteiger partial charge on any atom is 0.296 e. The molecule has 1 heteroatoms. The van der Waals surface area contributed by atoms with Gasteiger partial charge in [-0.25, -0.2) is 0 Å². The van der Waals surface area contributed by atoms with Gasteiger partial charge in [0.1, 0.15) is 0 Å². The topological polar surface area (TPSA) is 4.36 Å². The van der Waals surface area contributed by atoms with Gasteiger partial charge < -0.3 is 0 Å². The summed E-state index contributed by atoms with van der Waals surface area (Å²) in [7, 11) is 0. The van der Waals surface area contributed by atoms with E-state index in [4.69, 9.17) is 6.57 Å². The summed E-state index contributed by atoms with van der Waals surface area (Å²) in [5, 5.41) is 0. The van der Waals surface area contributed by atoms with E-state index in [1.54, 1.807) is 0 Å². The van der Waals surface area contributed by atoms with E-state index in [0.717, 1.165) is 6.42 Å². The van der Waals surface area contributed by atoms with Crippen LogP contribution in [0.2, 0.25) is 0 Å². The van der Waals surface area contributed by atoms with Crippen LogP contribution in [-0.2, 0) is 0 Å². The van der Waals surface area contributed by atoms with Gasteiger partial charge in [0.15, 0.2) is 0 Å². The second-order valence-electron chi connectivity index (χ2n) is 2.48. The molecule has 0 N–H and O–H groups in total. The third kappa shape index (κ3) is 1.81. The first-order chi connectivity index (χ1) is 5.38. The molecule has 0 aliphatic heterocycles. The van der Waals surface area contributed by atoms with E-state index in [0.29, 0.717) is 0 Å². The highest BCUT2D eigenvalue weighted by Gasteiger charge is 2.14. The standard InChI is InChI=1S/C10H12N/c1-3-10(11-2)9-7-5-4-6-8-9/h2,4-8,10H,3H2,1H3/q+1/t10-/m0/s1. The summed E-state index contributed by atoms with van der Waals surface area (Å²) < 4.78 is 0. The molecule has 0 aliphatic carbocycles. The molecule has 0 radical (unpaired) electrons. The summed E-state index contributed by atoms with van der Waals surface area (Å²) >= 11 is 0. The molecule has 0 aromatic heterocycles. The Morgan fingerprint density at radius 3 is 2.45 bits per heavy atom. The zero-order valence-electron chi connectivity index (χ0n) is 6.70. The van der Waals surface area contributed by atoms with Crippen molar-refractivity contribution in [1.82, 2.24) is 0 Å². The van der Waals surface area contributed by atoms with Gasteiger partial charge in [-0.05, 0) is 0 Å². The van der Waals surface area contributed by atoms with E-state index >= 15 is 0 Å². The third-order valence-electron chi connectivity index (χ3n) is 1.75. The Labute approximate surface area is 67.5 Å². The maximum atomic E-state index is 5.24. The number of hydrogen-bond donors (Lipinski definition) is 0. The fourth-order valence-corrected chi connectivity index (χ4v) is 1.10. The van der Waals surface area contributed by atoms with Crippen LogP contribution in [0.5, 0.6) is 0 Å². The van der Waals surface area contributed by atoms with E-state index in [-0.39, 0.29) is 6.04 Å². The summed E-state index contributed by atoms with van der Waals surface area (Å²) in [4.78, 5) is 3.78. The van der Waals surface area contributed by atoms with Crippen LogP contribution in [0.1, 0.15) is 24.9 Å². The Bertz CT molecular complexity index is 245. The summed E-state index contributed by atoms with van der Waals surface area (Å²) in [6.07, 6.45) is 0.959. The number of hydrogen-bond acceptors (Lipinski definition) is 0. The van der Waals surface area contributed by atoms with Crippen LogP contribution in [0.3, 0.4) is 0 Å². The Morgan fingerprint density at radius 1 is 1.36 bits per heavy atom. The van der Waals surface area contributed by atoms with Gasteiger partial charge in [0.25, 0.3) is 12.6 Å². The smallest absolute Gasteiger partial charge is 0.0784 e. The van der Waals surface area contributed by atoms with Crippen molar-refractivity contribution in [3.8, 4) is 6.57 Å². The third-order valence-corrected chi connectivity index (χ3v) is 1.75. The molecule has 0 saturated carbocycles. The van der Waals surface area contributed by atoms with Crippen molar-refractivity contribution in [2.75, 3.05) is 0 Å². The molecule has 56 valence electrons. The summed E-state index contributed by atoms with van der Waals surface area (Å²) in [6, 6.07) is 10.3. The molecule has 11 heavy (non-hydrogen) atoms. The summed E-state index contributed by atoms with van der Waals surface area (Å²) in [5.74, 6) is 0. The largest absolute Gasteiger partial charge is 0.296 e. The van der Waals surface area contributed by atoms with Crippen molar-refractivity contribution in [2.24, 2.45) is 0 Å². The fourth-order valence-electron chi connectivity index (χ4n) is 1.10. The zero-order chi connectivity index (χ0) is 8.10. The first-order valence-electron chi connectivity index (χ1n) is 3.83.